The highest BCUT2D eigenvalue weighted by atomic mass is 16.5. The van der Waals surface area contributed by atoms with Crippen molar-refractivity contribution < 1.29 is 24.5 Å². The second kappa shape index (κ2) is 18.6. The Morgan fingerprint density at radius 3 is 1.92 bits per heavy atom. The summed E-state index contributed by atoms with van der Waals surface area (Å²) >= 11 is 0. The Bertz CT molecular complexity index is 349. The molecule has 1 amide bonds. The molecule has 0 aliphatic heterocycles. The van der Waals surface area contributed by atoms with Crippen LogP contribution in [-0.2, 0) is 14.3 Å². The molecule has 6 nitrogen and oxygen atoms in total. The summed E-state index contributed by atoms with van der Waals surface area (Å²) in [4.78, 5) is 24.5. The van der Waals surface area contributed by atoms with Gasteiger partial charge in [0.1, 0.15) is 0 Å². The van der Waals surface area contributed by atoms with Crippen LogP contribution in [0.15, 0.2) is 0 Å². The van der Waals surface area contributed by atoms with E-state index in [0.717, 1.165) is 12.8 Å². The number of carboxylic acid groups (broad SMARTS) is 1. The van der Waals surface area contributed by atoms with Crippen LogP contribution in [0.3, 0.4) is 0 Å². The third-order valence-corrected chi connectivity index (χ3v) is 4.43. The van der Waals surface area contributed by atoms with Crippen molar-refractivity contribution in [3.05, 3.63) is 0 Å². The molecule has 26 heavy (non-hydrogen) atoms. The minimum absolute atomic E-state index is 0.0348. The number of amides is 1. The lowest BCUT2D eigenvalue weighted by Crippen LogP contribution is -2.35. The molecule has 0 aromatic rings. The lowest BCUT2D eigenvalue weighted by Gasteiger charge is -2.22. The number of unbranched alkanes of at least 4 members (excludes halogenated alkanes) is 9. The van der Waals surface area contributed by atoms with Gasteiger partial charge in [-0.05, 0) is 6.42 Å². The van der Waals surface area contributed by atoms with Gasteiger partial charge in [-0.25, -0.2) is 0 Å². The van der Waals surface area contributed by atoms with Gasteiger partial charge in [0.05, 0.1) is 26.2 Å². The van der Waals surface area contributed by atoms with Crippen LogP contribution in [0.1, 0.15) is 84.0 Å². The van der Waals surface area contributed by atoms with Crippen molar-refractivity contribution in [2.24, 2.45) is 0 Å². The molecule has 0 fully saturated rings. The molecule has 0 saturated heterocycles. The van der Waals surface area contributed by atoms with Gasteiger partial charge in [-0.2, -0.15) is 0 Å². The number of aliphatic hydroxyl groups excluding tert-OH is 1. The molecule has 0 aromatic heterocycles. The Morgan fingerprint density at radius 1 is 0.808 bits per heavy atom. The van der Waals surface area contributed by atoms with Crippen molar-refractivity contribution in [3.8, 4) is 0 Å². The first-order valence-corrected chi connectivity index (χ1v) is 10.3. The van der Waals surface area contributed by atoms with Gasteiger partial charge in [0.25, 0.3) is 0 Å². The van der Waals surface area contributed by atoms with E-state index >= 15 is 0 Å². The highest BCUT2D eigenvalue weighted by molar-refractivity contribution is 5.80. The van der Waals surface area contributed by atoms with E-state index in [1.807, 2.05) is 0 Å². The second-order valence-electron chi connectivity index (χ2n) is 6.79. The van der Waals surface area contributed by atoms with Crippen molar-refractivity contribution in [3.63, 3.8) is 0 Å². The minimum Gasteiger partial charge on any atom is -0.481 e. The molecule has 6 heteroatoms. The number of rotatable bonds is 19. The van der Waals surface area contributed by atoms with Gasteiger partial charge in [-0.15, -0.1) is 0 Å². The fourth-order valence-electron chi connectivity index (χ4n) is 2.86. The topological polar surface area (TPSA) is 87.1 Å². The molecule has 0 aromatic carbocycles. The number of carbonyl (C=O) groups excluding carboxylic acids is 1. The third kappa shape index (κ3) is 16.3. The quantitative estimate of drug-likeness (QED) is 0.338. The number of carbonyl (C=O) groups is 2. The van der Waals surface area contributed by atoms with Crippen LogP contribution < -0.4 is 0 Å². The SMILES string of the molecule is CCCCCCCCCCCCN(CCOCCO)C(=O)CCC(=O)O. The zero-order valence-corrected chi connectivity index (χ0v) is 16.6. The smallest absolute Gasteiger partial charge is 0.303 e. The van der Waals surface area contributed by atoms with Crippen LogP contribution in [-0.4, -0.2) is 59.9 Å². The van der Waals surface area contributed by atoms with Gasteiger partial charge < -0.3 is 19.8 Å². The molecule has 0 unspecified atom stereocenters. The maximum atomic E-state index is 12.2. The molecular formula is C20H39NO5. The first kappa shape index (κ1) is 24.9. The molecule has 0 atom stereocenters. The minimum atomic E-state index is -0.950. The van der Waals surface area contributed by atoms with Crippen LogP contribution in [0, 0.1) is 0 Å². The maximum Gasteiger partial charge on any atom is 0.303 e. The first-order chi connectivity index (χ1) is 12.6. The number of hydrogen-bond donors (Lipinski definition) is 2. The van der Waals surface area contributed by atoms with E-state index in [1.54, 1.807) is 4.90 Å². The number of carboxylic acids is 1. The summed E-state index contributed by atoms with van der Waals surface area (Å²) in [6.45, 7) is 3.93. The van der Waals surface area contributed by atoms with Gasteiger partial charge in [0, 0.05) is 19.5 Å². The number of aliphatic hydroxyl groups is 1. The molecule has 0 heterocycles. The predicted molar refractivity (Wildman–Crippen MR) is 103 cm³/mol. The van der Waals surface area contributed by atoms with E-state index < -0.39 is 5.97 Å². The van der Waals surface area contributed by atoms with Gasteiger partial charge in [-0.1, -0.05) is 64.7 Å². The number of hydrogen-bond acceptors (Lipinski definition) is 4. The zero-order valence-electron chi connectivity index (χ0n) is 16.6. The van der Waals surface area contributed by atoms with E-state index in [2.05, 4.69) is 6.92 Å². The maximum absolute atomic E-state index is 12.2. The lowest BCUT2D eigenvalue weighted by atomic mass is 10.1. The molecule has 0 bridgehead atoms. The summed E-state index contributed by atoms with van der Waals surface area (Å²) in [5, 5.41) is 17.5. The standard InChI is InChI=1S/C20H39NO5/c1-2-3-4-5-6-7-8-9-10-11-14-21(15-17-26-18-16-22)19(23)12-13-20(24)25/h22H,2-18H2,1H3,(H,24,25). The molecule has 0 radical (unpaired) electrons. The van der Waals surface area contributed by atoms with Crippen LogP contribution in [0.5, 0.6) is 0 Å². The van der Waals surface area contributed by atoms with Crippen LogP contribution in [0.4, 0.5) is 0 Å². The van der Waals surface area contributed by atoms with Gasteiger partial charge >= 0.3 is 5.97 Å². The Kier molecular flexibility index (Phi) is 17.8. The van der Waals surface area contributed by atoms with E-state index in [9.17, 15) is 9.59 Å². The van der Waals surface area contributed by atoms with Crippen LogP contribution >= 0.6 is 0 Å². The molecule has 0 rings (SSSR count). The monoisotopic (exact) mass is 373 g/mol. The first-order valence-electron chi connectivity index (χ1n) is 10.3. The van der Waals surface area contributed by atoms with Crippen molar-refractivity contribution in [2.45, 2.75) is 84.0 Å². The molecule has 0 aliphatic rings. The Hall–Kier alpha value is -1.14. The van der Waals surface area contributed by atoms with Crippen LogP contribution in [0.25, 0.3) is 0 Å². The van der Waals surface area contributed by atoms with Crippen LogP contribution in [0.2, 0.25) is 0 Å². The second-order valence-corrected chi connectivity index (χ2v) is 6.79. The Balaban J connectivity index is 3.87. The summed E-state index contributed by atoms with van der Waals surface area (Å²) in [5.74, 6) is -1.08. The largest absolute Gasteiger partial charge is 0.481 e. The molecule has 0 aliphatic carbocycles. The Labute approximate surface area is 158 Å². The number of aliphatic carboxylic acids is 1. The van der Waals surface area contributed by atoms with E-state index in [1.165, 1.54) is 51.4 Å². The Morgan fingerprint density at radius 2 is 1.38 bits per heavy atom. The van der Waals surface area contributed by atoms with E-state index in [4.69, 9.17) is 14.9 Å². The number of ether oxygens (including phenoxy) is 1. The normalized spacial score (nSPS) is 10.8. The summed E-state index contributed by atoms with van der Waals surface area (Å²) in [5.41, 5.74) is 0. The van der Waals surface area contributed by atoms with Gasteiger partial charge in [-0.3, -0.25) is 9.59 Å². The van der Waals surface area contributed by atoms with Crippen molar-refractivity contribution >= 4 is 11.9 Å². The highest BCUT2D eigenvalue weighted by Gasteiger charge is 2.14. The summed E-state index contributed by atoms with van der Waals surface area (Å²) in [6, 6.07) is 0. The third-order valence-electron chi connectivity index (χ3n) is 4.43. The lowest BCUT2D eigenvalue weighted by molar-refractivity contribution is -0.141. The van der Waals surface area contributed by atoms with Gasteiger partial charge in [0.2, 0.25) is 5.91 Å². The average Bonchev–Trinajstić information content (AvgIpc) is 2.62. The highest BCUT2D eigenvalue weighted by Crippen LogP contribution is 2.11. The van der Waals surface area contributed by atoms with Crippen molar-refractivity contribution in [2.75, 3.05) is 32.9 Å². The molecule has 0 saturated carbocycles. The number of nitrogens with zero attached hydrogens (tertiary/aromatic N) is 1. The molecular weight excluding hydrogens is 334 g/mol. The van der Waals surface area contributed by atoms with Crippen molar-refractivity contribution in [1.29, 1.82) is 0 Å². The zero-order chi connectivity index (χ0) is 19.5. The molecule has 154 valence electrons. The predicted octanol–water partition coefficient (Wildman–Crippen LogP) is 3.61. The summed E-state index contributed by atoms with van der Waals surface area (Å²) < 4.78 is 5.23. The van der Waals surface area contributed by atoms with E-state index in [-0.39, 0.29) is 32.0 Å². The van der Waals surface area contributed by atoms with Crippen molar-refractivity contribution in [1.82, 2.24) is 4.90 Å². The van der Waals surface area contributed by atoms with E-state index in [0.29, 0.717) is 19.7 Å². The summed E-state index contributed by atoms with van der Waals surface area (Å²) in [7, 11) is 0. The molecule has 0 spiro atoms. The molecule has 2 N–H and O–H groups in total. The fraction of sp³-hybridized carbons (Fsp3) is 0.900. The fourth-order valence-corrected chi connectivity index (χ4v) is 2.86. The summed E-state index contributed by atoms with van der Waals surface area (Å²) in [6.07, 6.45) is 12.3. The average molecular weight is 374 g/mol. The van der Waals surface area contributed by atoms with Gasteiger partial charge in [0.15, 0.2) is 0 Å².